The molecule has 70 valence electrons. The first-order chi connectivity index (χ1) is 5.61. The molecule has 0 aromatic heterocycles. The van der Waals surface area contributed by atoms with E-state index in [1.54, 1.807) is 0 Å². The van der Waals surface area contributed by atoms with Gasteiger partial charge in [-0.1, -0.05) is 0 Å². The maximum atomic E-state index is 7.25. The second kappa shape index (κ2) is 3.76. The lowest BCUT2D eigenvalue weighted by molar-refractivity contribution is 0.190. The first-order valence-electron chi connectivity index (χ1n) is 4.36. The van der Waals surface area contributed by atoms with Crippen molar-refractivity contribution in [1.82, 2.24) is 9.80 Å². The summed E-state index contributed by atoms with van der Waals surface area (Å²) in [6.07, 6.45) is 2.24. The zero-order valence-electron chi connectivity index (χ0n) is 7.88. The zero-order chi connectivity index (χ0) is 9.14. The molecule has 0 aromatic rings. The number of nitrogens with zero attached hydrogens (tertiary/aromatic N) is 2. The molecule has 0 aromatic carbocycles. The molecule has 0 aliphatic carbocycles. The van der Waals surface area contributed by atoms with Crippen LogP contribution in [-0.2, 0) is 0 Å². The van der Waals surface area contributed by atoms with Crippen LogP contribution in [0.2, 0.25) is 0 Å². The molecule has 1 aliphatic heterocycles. The van der Waals surface area contributed by atoms with Gasteiger partial charge in [0, 0.05) is 19.1 Å². The maximum Gasteiger partial charge on any atom is 0.188 e. The number of likely N-dealkylation sites (tertiary alicyclic amines) is 1. The van der Waals surface area contributed by atoms with Crippen LogP contribution in [0.5, 0.6) is 0 Å². The molecule has 0 saturated carbocycles. The first-order valence-corrected chi connectivity index (χ1v) is 4.36. The molecule has 12 heavy (non-hydrogen) atoms. The largest absolute Gasteiger partial charge is 0.370 e. The molecule has 0 unspecified atom stereocenters. The van der Waals surface area contributed by atoms with Crippen molar-refractivity contribution in [2.24, 2.45) is 5.73 Å². The Morgan fingerprint density at radius 2 is 1.92 bits per heavy atom. The SMILES string of the molecule is CN(C)C1CCN(C(=N)N)CC1. The van der Waals surface area contributed by atoms with Gasteiger partial charge < -0.3 is 15.5 Å². The van der Waals surface area contributed by atoms with Crippen LogP contribution in [0, 0.1) is 5.41 Å². The molecule has 3 N–H and O–H groups in total. The summed E-state index contributed by atoms with van der Waals surface area (Å²) >= 11 is 0. The van der Waals surface area contributed by atoms with Crippen LogP contribution in [-0.4, -0.2) is 49.0 Å². The Morgan fingerprint density at radius 3 is 2.25 bits per heavy atom. The van der Waals surface area contributed by atoms with Gasteiger partial charge in [-0.25, -0.2) is 0 Å². The van der Waals surface area contributed by atoms with Crippen LogP contribution in [0.15, 0.2) is 0 Å². The number of nitrogens with two attached hydrogens (primary N) is 1. The van der Waals surface area contributed by atoms with E-state index in [0.717, 1.165) is 25.9 Å². The average Bonchev–Trinajstić information content (AvgIpc) is 2.04. The van der Waals surface area contributed by atoms with E-state index in [0.29, 0.717) is 6.04 Å². The quantitative estimate of drug-likeness (QED) is 0.427. The second-order valence-corrected chi connectivity index (χ2v) is 3.57. The number of nitrogens with one attached hydrogen (secondary N) is 1. The van der Waals surface area contributed by atoms with Crippen LogP contribution < -0.4 is 5.73 Å². The summed E-state index contributed by atoms with van der Waals surface area (Å²) < 4.78 is 0. The van der Waals surface area contributed by atoms with Gasteiger partial charge in [0.25, 0.3) is 0 Å². The Kier molecular flexibility index (Phi) is 2.92. The molecule has 0 atom stereocenters. The van der Waals surface area contributed by atoms with Gasteiger partial charge in [-0.3, -0.25) is 5.41 Å². The van der Waals surface area contributed by atoms with Crippen molar-refractivity contribution in [3.8, 4) is 0 Å². The number of guanidine groups is 1. The van der Waals surface area contributed by atoms with E-state index in [1.165, 1.54) is 0 Å². The third-order valence-electron chi connectivity index (χ3n) is 2.54. The molecule has 0 spiro atoms. The molecule has 0 radical (unpaired) electrons. The highest BCUT2D eigenvalue weighted by Crippen LogP contribution is 2.12. The maximum absolute atomic E-state index is 7.25. The van der Waals surface area contributed by atoms with Crippen molar-refractivity contribution in [2.75, 3.05) is 27.2 Å². The predicted molar refractivity (Wildman–Crippen MR) is 50.2 cm³/mol. The fourth-order valence-corrected chi connectivity index (χ4v) is 1.62. The molecule has 1 saturated heterocycles. The van der Waals surface area contributed by atoms with Crippen LogP contribution in [0.3, 0.4) is 0 Å². The minimum absolute atomic E-state index is 0.215. The lowest BCUT2D eigenvalue weighted by Gasteiger charge is -2.35. The fourth-order valence-electron chi connectivity index (χ4n) is 1.62. The van der Waals surface area contributed by atoms with Gasteiger partial charge in [0.05, 0.1) is 0 Å². The highest BCUT2D eigenvalue weighted by Gasteiger charge is 2.20. The van der Waals surface area contributed by atoms with E-state index in [1.807, 2.05) is 4.90 Å². The van der Waals surface area contributed by atoms with Crippen LogP contribution in [0.4, 0.5) is 0 Å². The molecule has 1 heterocycles. The summed E-state index contributed by atoms with van der Waals surface area (Å²) in [5, 5.41) is 7.25. The van der Waals surface area contributed by atoms with Crippen molar-refractivity contribution >= 4 is 5.96 Å². The van der Waals surface area contributed by atoms with Crippen molar-refractivity contribution in [2.45, 2.75) is 18.9 Å². The number of piperidine rings is 1. The second-order valence-electron chi connectivity index (χ2n) is 3.57. The lowest BCUT2D eigenvalue weighted by atomic mass is 10.0. The molecule has 4 nitrogen and oxygen atoms in total. The average molecular weight is 170 g/mol. The highest BCUT2D eigenvalue weighted by atomic mass is 15.2. The minimum atomic E-state index is 0.215. The van der Waals surface area contributed by atoms with Gasteiger partial charge in [-0.15, -0.1) is 0 Å². The van der Waals surface area contributed by atoms with E-state index in [2.05, 4.69) is 19.0 Å². The normalized spacial score (nSPS) is 20.1. The van der Waals surface area contributed by atoms with Crippen LogP contribution >= 0.6 is 0 Å². The van der Waals surface area contributed by atoms with Gasteiger partial charge >= 0.3 is 0 Å². The number of rotatable bonds is 1. The third-order valence-corrected chi connectivity index (χ3v) is 2.54. The van der Waals surface area contributed by atoms with Gasteiger partial charge in [0.2, 0.25) is 0 Å². The summed E-state index contributed by atoms with van der Waals surface area (Å²) in [6, 6.07) is 0.667. The van der Waals surface area contributed by atoms with Crippen LogP contribution in [0.1, 0.15) is 12.8 Å². The Labute approximate surface area is 73.8 Å². The number of hydrogen-bond acceptors (Lipinski definition) is 2. The Bertz CT molecular complexity index is 158. The number of hydrogen-bond donors (Lipinski definition) is 2. The van der Waals surface area contributed by atoms with Gasteiger partial charge in [-0.2, -0.15) is 0 Å². The Morgan fingerprint density at radius 1 is 1.42 bits per heavy atom. The Balaban J connectivity index is 2.34. The summed E-state index contributed by atoms with van der Waals surface area (Å²) in [5.41, 5.74) is 5.38. The summed E-state index contributed by atoms with van der Waals surface area (Å²) in [6.45, 7) is 1.86. The van der Waals surface area contributed by atoms with Crippen molar-refractivity contribution in [3.63, 3.8) is 0 Å². The molecule has 0 amide bonds. The van der Waals surface area contributed by atoms with Crippen molar-refractivity contribution in [3.05, 3.63) is 0 Å². The molecule has 0 bridgehead atoms. The Hall–Kier alpha value is -0.770. The molecular weight excluding hydrogens is 152 g/mol. The van der Waals surface area contributed by atoms with E-state index in [-0.39, 0.29) is 5.96 Å². The van der Waals surface area contributed by atoms with Gasteiger partial charge in [0.15, 0.2) is 5.96 Å². The third kappa shape index (κ3) is 2.11. The van der Waals surface area contributed by atoms with E-state index in [9.17, 15) is 0 Å². The van der Waals surface area contributed by atoms with E-state index in [4.69, 9.17) is 11.1 Å². The van der Waals surface area contributed by atoms with Gasteiger partial charge in [0.1, 0.15) is 0 Å². The van der Waals surface area contributed by atoms with E-state index >= 15 is 0 Å². The van der Waals surface area contributed by atoms with Gasteiger partial charge in [-0.05, 0) is 26.9 Å². The predicted octanol–water partition coefficient (Wildman–Crippen LogP) is -0.0941. The summed E-state index contributed by atoms with van der Waals surface area (Å²) in [5.74, 6) is 0.215. The smallest absolute Gasteiger partial charge is 0.188 e. The van der Waals surface area contributed by atoms with E-state index < -0.39 is 0 Å². The molecule has 1 fully saturated rings. The monoisotopic (exact) mass is 170 g/mol. The lowest BCUT2D eigenvalue weighted by Crippen LogP contribution is -2.46. The zero-order valence-corrected chi connectivity index (χ0v) is 7.88. The molecule has 4 heteroatoms. The van der Waals surface area contributed by atoms with Crippen molar-refractivity contribution < 1.29 is 0 Å². The standard InChI is InChI=1S/C8H18N4/c1-11(2)7-3-5-12(6-4-7)8(9)10/h7H,3-6H2,1-2H3,(H3,9,10). The highest BCUT2D eigenvalue weighted by molar-refractivity contribution is 5.74. The minimum Gasteiger partial charge on any atom is -0.370 e. The molecule has 1 aliphatic rings. The van der Waals surface area contributed by atoms with Crippen molar-refractivity contribution in [1.29, 1.82) is 5.41 Å². The fraction of sp³-hybridized carbons (Fsp3) is 0.875. The summed E-state index contributed by atoms with van der Waals surface area (Å²) in [7, 11) is 4.21. The van der Waals surface area contributed by atoms with Crippen LogP contribution in [0.25, 0.3) is 0 Å². The molecule has 1 rings (SSSR count). The topological polar surface area (TPSA) is 56.4 Å². The summed E-state index contributed by atoms with van der Waals surface area (Å²) in [4.78, 5) is 4.18. The molecular formula is C8H18N4. The first kappa shape index (κ1) is 9.32.